The van der Waals surface area contributed by atoms with Gasteiger partial charge in [-0.25, -0.2) is 0 Å². The summed E-state index contributed by atoms with van der Waals surface area (Å²) in [6, 6.07) is 8.11. The standard InChI is InChI=1S/C11H12.C2H6/c1-4-10-7-5-6-8-11(10)9(2)3;1-2/h4-8H,1-2H2,3H3;1-2H3. The fourth-order valence-electron chi connectivity index (χ4n) is 1.06. The van der Waals surface area contributed by atoms with E-state index in [1.54, 1.807) is 0 Å². The van der Waals surface area contributed by atoms with E-state index in [0.717, 1.165) is 11.1 Å². The van der Waals surface area contributed by atoms with Gasteiger partial charge in [-0.2, -0.15) is 0 Å². The summed E-state index contributed by atoms with van der Waals surface area (Å²) in [5, 5.41) is 0. The second kappa shape index (κ2) is 6.24. The van der Waals surface area contributed by atoms with Crippen LogP contribution in [0.15, 0.2) is 37.4 Å². The molecule has 0 unspecified atom stereocenters. The zero-order valence-electron chi connectivity index (χ0n) is 8.80. The molecule has 0 fully saturated rings. The van der Waals surface area contributed by atoms with Crippen molar-refractivity contribution in [3.63, 3.8) is 0 Å². The lowest BCUT2D eigenvalue weighted by Gasteiger charge is -2.02. The molecule has 0 saturated carbocycles. The Hall–Kier alpha value is -1.30. The molecule has 0 radical (unpaired) electrons. The van der Waals surface area contributed by atoms with Crippen molar-refractivity contribution in [1.29, 1.82) is 0 Å². The maximum absolute atomic E-state index is 3.89. The molecule has 0 heterocycles. The molecule has 0 atom stereocenters. The van der Waals surface area contributed by atoms with Gasteiger partial charge in [0.05, 0.1) is 0 Å². The number of benzene rings is 1. The van der Waals surface area contributed by atoms with Gasteiger partial charge < -0.3 is 0 Å². The second-order valence-corrected chi connectivity index (χ2v) is 2.57. The van der Waals surface area contributed by atoms with Crippen molar-refractivity contribution < 1.29 is 0 Å². The minimum Gasteiger partial charge on any atom is -0.0984 e. The summed E-state index contributed by atoms with van der Waals surface area (Å²) in [5.74, 6) is 0. The Labute approximate surface area is 81.6 Å². The zero-order valence-corrected chi connectivity index (χ0v) is 8.80. The molecule has 0 aliphatic heterocycles. The van der Waals surface area contributed by atoms with Gasteiger partial charge in [0.2, 0.25) is 0 Å². The van der Waals surface area contributed by atoms with Crippen LogP contribution < -0.4 is 0 Å². The molecule has 0 bridgehead atoms. The maximum Gasteiger partial charge on any atom is -0.0161 e. The highest BCUT2D eigenvalue weighted by Crippen LogP contribution is 2.17. The van der Waals surface area contributed by atoms with Crippen molar-refractivity contribution in [3.05, 3.63) is 48.6 Å². The zero-order chi connectivity index (χ0) is 10.3. The molecule has 1 rings (SSSR count). The number of hydrogen-bond acceptors (Lipinski definition) is 0. The van der Waals surface area contributed by atoms with Gasteiger partial charge in [-0.15, -0.1) is 0 Å². The Bertz CT molecular complexity index is 282. The predicted octanol–water partition coefficient (Wildman–Crippen LogP) is 4.39. The van der Waals surface area contributed by atoms with Gasteiger partial charge in [0.1, 0.15) is 0 Å². The highest BCUT2D eigenvalue weighted by molar-refractivity contribution is 5.71. The summed E-state index contributed by atoms with van der Waals surface area (Å²) >= 11 is 0. The van der Waals surface area contributed by atoms with Gasteiger partial charge in [0, 0.05) is 0 Å². The number of hydrogen-bond donors (Lipinski definition) is 0. The van der Waals surface area contributed by atoms with E-state index in [-0.39, 0.29) is 0 Å². The van der Waals surface area contributed by atoms with Crippen molar-refractivity contribution in [1.82, 2.24) is 0 Å². The average Bonchev–Trinajstić information content (AvgIpc) is 2.20. The lowest BCUT2D eigenvalue weighted by molar-refractivity contribution is 1.50. The van der Waals surface area contributed by atoms with E-state index in [1.807, 2.05) is 45.0 Å². The van der Waals surface area contributed by atoms with Crippen molar-refractivity contribution >= 4 is 11.6 Å². The fourth-order valence-corrected chi connectivity index (χ4v) is 1.06. The first-order chi connectivity index (χ1) is 6.25. The van der Waals surface area contributed by atoms with Crippen LogP contribution in [-0.2, 0) is 0 Å². The Balaban J connectivity index is 0.000000671. The minimum atomic E-state index is 1.08. The van der Waals surface area contributed by atoms with E-state index >= 15 is 0 Å². The van der Waals surface area contributed by atoms with Crippen LogP contribution >= 0.6 is 0 Å². The summed E-state index contributed by atoms with van der Waals surface area (Å²) < 4.78 is 0. The van der Waals surface area contributed by atoms with E-state index in [4.69, 9.17) is 0 Å². The van der Waals surface area contributed by atoms with Gasteiger partial charge >= 0.3 is 0 Å². The fraction of sp³-hybridized carbons (Fsp3) is 0.231. The Morgan fingerprint density at radius 3 is 2.15 bits per heavy atom. The van der Waals surface area contributed by atoms with Gasteiger partial charge in [0.15, 0.2) is 0 Å². The first-order valence-electron chi connectivity index (χ1n) is 4.63. The third-order valence-corrected chi connectivity index (χ3v) is 1.64. The van der Waals surface area contributed by atoms with E-state index in [0.29, 0.717) is 0 Å². The molecule has 0 aliphatic rings. The number of rotatable bonds is 2. The second-order valence-electron chi connectivity index (χ2n) is 2.57. The number of allylic oxidation sites excluding steroid dienone is 1. The minimum absolute atomic E-state index is 1.08. The van der Waals surface area contributed by atoms with Crippen molar-refractivity contribution in [2.24, 2.45) is 0 Å². The lowest BCUT2D eigenvalue weighted by atomic mass is 10.0. The van der Waals surface area contributed by atoms with Crippen LogP contribution in [0.5, 0.6) is 0 Å². The van der Waals surface area contributed by atoms with Crippen molar-refractivity contribution in [2.75, 3.05) is 0 Å². The van der Waals surface area contributed by atoms with E-state index in [9.17, 15) is 0 Å². The molecule has 0 nitrogen and oxygen atoms in total. The van der Waals surface area contributed by atoms with Gasteiger partial charge in [-0.3, -0.25) is 0 Å². The van der Waals surface area contributed by atoms with Crippen molar-refractivity contribution in [2.45, 2.75) is 20.8 Å². The van der Waals surface area contributed by atoms with Crippen LogP contribution in [0, 0.1) is 0 Å². The van der Waals surface area contributed by atoms with Crippen LogP contribution in [0.1, 0.15) is 31.9 Å². The smallest absolute Gasteiger partial charge is 0.0161 e. The molecule has 1 aromatic rings. The van der Waals surface area contributed by atoms with Crippen LogP contribution in [0.4, 0.5) is 0 Å². The third-order valence-electron chi connectivity index (χ3n) is 1.64. The SMILES string of the molecule is C=Cc1ccccc1C(=C)C.CC. The summed E-state index contributed by atoms with van der Waals surface area (Å²) in [7, 11) is 0. The molecule has 0 aliphatic carbocycles. The summed E-state index contributed by atoms with van der Waals surface area (Å²) in [6.45, 7) is 13.6. The summed E-state index contributed by atoms with van der Waals surface area (Å²) in [4.78, 5) is 0. The molecular formula is C13H18. The average molecular weight is 174 g/mol. The molecular weight excluding hydrogens is 156 g/mol. The van der Waals surface area contributed by atoms with Gasteiger partial charge in [-0.1, -0.05) is 62.9 Å². The molecule has 0 aromatic heterocycles. The highest BCUT2D eigenvalue weighted by Gasteiger charge is 1.96. The molecule has 0 heteroatoms. The molecule has 0 N–H and O–H groups in total. The highest BCUT2D eigenvalue weighted by atomic mass is 14.0. The topological polar surface area (TPSA) is 0 Å². The van der Waals surface area contributed by atoms with Crippen molar-refractivity contribution in [3.8, 4) is 0 Å². The summed E-state index contributed by atoms with van der Waals surface area (Å²) in [5.41, 5.74) is 3.42. The molecule has 0 saturated heterocycles. The van der Waals surface area contributed by atoms with Gasteiger partial charge in [-0.05, 0) is 18.1 Å². The Morgan fingerprint density at radius 1 is 1.23 bits per heavy atom. The molecule has 0 amide bonds. The first kappa shape index (κ1) is 11.7. The van der Waals surface area contributed by atoms with Crippen LogP contribution in [0.3, 0.4) is 0 Å². The van der Waals surface area contributed by atoms with E-state index in [2.05, 4.69) is 19.2 Å². The molecule has 1 aromatic carbocycles. The van der Waals surface area contributed by atoms with Crippen LogP contribution in [0.2, 0.25) is 0 Å². The predicted molar refractivity (Wildman–Crippen MR) is 62.6 cm³/mol. The Kier molecular flexibility index (Phi) is 5.62. The Morgan fingerprint density at radius 2 is 1.77 bits per heavy atom. The van der Waals surface area contributed by atoms with E-state index in [1.165, 1.54) is 5.56 Å². The molecule has 0 spiro atoms. The summed E-state index contributed by atoms with van der Waals surface area (Å²) in [6.07, 6.45) is 1.85. The van der Waals surface area contributed by atoms with Gasteiger partial charge in [0.25, 0.3) is 0 Å². The quantitative estimate of drug-likeness (QED) is 0.623. The van der Waals surface area contributed by atoms with E-state index < -0.39 is 0 Å². The lowest BCUT2D eigenvalue weighted by Crippen LogP contribution is -1.82. The first-order valence-corrected chi connectivity index (χ1v) is 4.63. The van der Waals surface area contributed by atoms with Crippen LogP contribution in [-0.4, -0.2) is 0 Å². The molecule has 13 heavy (non-hydrogen) atoms. The molecule has 70 valence electrons. The normalized spacial score (nSPS) is 8.23. The van der Waals surface area contributed by atoms with Crippen LogP contribution in [0.25, 0.3) is 11.6 Å². The monoisotopic (exact) mass is 174 g/mol. The maximum atomic E-state index is 3.89. The third kappa shape index (κ3) is 3.29. The largest absolute Gasteiger partial charge is 0.0984 e.